The Labute approximate surface area is 259 Å². The van der Waals surface area contributed by atoms with Gasteiger partial charge in [-0.1, -0.05) is 32.4 Å². The van der Waals surface area contributed by atoms with E-state index < -0.39 is 10.0 Å². The fourth-order valence-electron chi connectivity index (χ4n) is 5.23. The molecule has 1 aliphatic rings. The number of rotatable bonds is 12. The van der Waals surface area contributed by atoms with Crippen LogP contribution in [0.2, 0.25) is 0 Å². The van der Waals surface area contributed by atoms with E-state index in [4.69, 9.17) is 9.47 Å². The van der Waals surface area contributed by atoms with Crippen LogP contribution in [0.1, 0.15) is 32.3 Å². The molecule has 11 nitrogen and oxygen atoms in total. The summed E-state index contributed by atoms with van der Waals surface area (Å²) < 4.78 is 42.3. The average Bonchev–Trinajstić information content (AvgIpc) is 3.45. The van der Waals surface area contributed by atoms with E-state index in [-0.39, 0.29) is 16.7 Å². The number of hydrogen-bond donors (Lipinski definition) is 1. The molecule has 4 aromatic rings. The van der Waals surface area contributed by atoms with Crippen LogP contribution in [0.3, 0.4) is 0 Å². The van der Waals surface area contributed by atoms with Crippen LogP contribution in [0.25, 0.3) is 11.3 Å². The summed E-state index contributed by atoms with van der Waals surface area (Å²) in [5.41, 5.74) is 3.47. The zero-order valence-corrected chi connectivity index (χ0v) is 26.8. The quantitative estimate of drug-likeness (QED) is 0.228. The van der Waals surface area contributed by atoms with Crippen LogP contribution in [0, 0.1) is 5.92 Å². The first kappa shape index (κ1) is 31.3. The number of nitrogens with zero attached hydrogens (tertiary/aromatic N) is 6. The fourth-order valence-corrected chi connectivity index (χ4v) is 6.16. The van der Waals surface area contributed by atoms with Crippen molar-refractivity contribution >= 4 is 21.7 Å². The summed E-state index contributed by atoms with van der Waals surface area (Å²) >= 11 is 0. The highest BCUT2D eigenvalue weighted by molar-refractivity contribution is 7.92. The minimum Gasteiger partial charge on any atom is -0.496 e. The molecule has 0 radical (unpaired) electrons. The molecule has 0 bridgehead atoms. The van der Waals surface area contributed by atoms with Crippen molar-refractivity contribution in [3.05, 3.63) is 66.5 Å². The maximum absolute atomic E-state index is 13.2. The van der Waals surface area contributed by atoms with Gasteiger partial charge >= 0.3 is 0 Å². The Hall–Kier alpha value is -4.16. The second kappa shape index (κ2) is 13.6. The van der Waals surface area contributed by atoms with Gasteiger partial charge in [0.1, 0.15) is 16.4 Å². The Balaban J connectivity index is 1.49. The van der Waals surface area contributed by atoms with Crippen molar-refractivity contribution in [1.29, 1.82) is 0 Å². The highest BCUT2D eigenvalue weighted by Crippen LogP contribution is 2.34. The molecule has 0 spiro atoms. The van der Waals surface area contributed by atoms with Gasteiger partial charge in [0.15, 0.2) is 0 Å². The molecular weight excluding hydrogens is 578 g/mol. The molecule has 2 aromatic carbocycles. The van der Waals surface area contributed by atoms with E-state index in [2.05, 4.69) is 50.5 Å². The maximum Gasteiger partial charge on any atom is 0.267 e. The molecule has 0 unspecified atom stereocenters. The van der Waals surface area contributed by atoms with E-state index in [0.717, 1.165) is 68.0 Å². The first-order chi connectivity index (χ1) is 21.1. The smallest absolute Gasteiger partial charge is 0.267 e. The summed E-state index contributed by atoms with van der Waals surface area (Å²) in [5, 5.41) is 3.99. The van der Waals surface area contributed by atoms with Crippen molar-refractivity contribution in [2.45, 2.75) is 38.0 Å². The SMILES string of the molecule is COc1cccc(-c2cc(Oc3ccc(N4CCN(C)CC4)cc3)nc(NS(=O)(=O)c3cnn(C)c3)n2)c1CCCC(C)C. The van der Waals surface area contributed by atoms with Crippen LogP contribution in [-0.2, 0) is 23.5 Å². The number of methoxy groups -OCH3 is 1. The lowest BCUT2D eigenvalue weighted by Crippen LogP contribution is -2.44. The molecule has 2 aromatic heterocycles. The van der Waals surface area contributed by atoms with Gasteiger partial charge in [0.05, 0.1) is 19.0 Å². The van der Waals surface area contributed by atoms with Crippen molar-refractivity contribution < 1.29 is 17.9 Å². The number of nitrogens with one attached hydrogen (secondary N) is 1. The van der Waals surface area contributed by atoms with Crippen LogP contribution in [-0.4, -0.2) is 73.4 Å². The Bertz CT molecular complexity index is 1660. The van der Waals surface area contributed by atoms with Crippen LogP contribution < -0.4 is 19.1 Å². The lowest BCUT2D eigenvalue weighted by Gasteiger charge is -2.34. The molecule has 1 fully saturated rings. The van der Waals surface area contributed by atoms with Crippen LogP contribution in [0.15, 0.2) is 65.8 Å². The number of aryl methyl sites for hydroxylation is 1. The molecule has 0 saturated carbocycles. The Morgan fingerprint density at radius 2 is 1.75 bits per heavy atom. The third-order valence-corrected chi connectivity index (χ3v) is 8.97. The lowest BCUT2D eigenvalue weighted by atomic mass is 9.96. The van der Waals surface area contributed by atoms with Gasteiger partial charge in [-0.2, -0.15) is 10.1 Å². The number of benzene rings is 2. The summed E-state index contributed by atoms with van der Waals surface area (Å²) in [6.45, 7) is 8.37. The predicted molar refractivity (Wildman–Crippen MR) is 172 cm³/mol. The van der Waals surface area contributed by atoms with E-state index in [9.17, 15) is 8.42 Å². The summed E-state index contributed by atoms with van der Waals surface area (Å²) in [6.07, 6.45) is 5.51. The minimum absolute atomic E-state index is 0.00622. The Morgan fingerprint density at radius 1 is 1.00 bits per heavy atom. The molecule has 234 valence electrons. The molecule has 1 saturated heterocycles. The predicted octanol–water partition coefficient (Wildman–Crippen LogP) is 5.21. The van der Waals surface area contributed by atoms with Crippen LogP contribution >= 0.6 is 0 Å². The minimum atomic E-state index is -4.00. The molecule has 0 aliphatic carbocycles. The van der Waals surface area contributed by atoms with E-state index >= 15 is 0 Å². The number of piperazine rings is 1. The lowest BCUT2D eigenvalue weighted by molar-refractivity contribution is 0.313. The second-order valence-corrected chi connectivity index (χ2v) is 13.2. The first-order valence-corrected chi connectivity index (χ1v) is 16.4. The van der Waals surface area contributed by atoms with E-state index in [1.54, 1.807) is 20.2 Å². The van der Waals surface area contributed by atoms with Crippen molar-refractivity contribution in [3.63, 3.8) is 0 Å². The summed E-state index contributed by atoms with van der Waals surface area (Å²) in [4.78, 5) is 13.8. The summed E-state index contributed by atoms with van der Waals surface area (Å²) in [5.74, 6) is 2.01. The molecule has 3 heterocycles. The van der Waals surface area contributed by atoms with Crippen LogP contribution in [0.4, 0.5) is 11.6 Å². The van der Waals surface area contributed by atoms with E-state index in [0.29, 0.717) is 17.4 Å². The van der Waals surface area contributed by atoms with Gasteiger partial charge in [0.2, 0.25) is 11.8 Å². The monoisotopic (exact) mass is 619 g/mol. The van der Waals surface area contributed by atoms with E-state index in [1.165, 1.54) is 17.1 Å². The fraction of sp³-hybridized carbons (Fsp3) is 0.406. The van der Waals surface area contributed by atoms with Crippen LogP contribution in [0.5, 0.6) is 17.4 Å². The highest BCUT2D eigenvalue weighted by atomic mass is 32.2. The highest BCUT2D eigenvalue weighted by Gasteiger charge is 2.21. The number of anilines is 2. The van der Waals surface area contributed by atoms with Crippen molar-refractivity contribution in [2.75, 3.05) is 50.0 Å². The third-order valence-electron chi connectivity index (χ3n) is 7.68. The van der Waals surface area contributed by atoms with Gasteiger partial charge in [-0.3, -0.25) is 4.68 Å². The third kappa shape index (κ3) is 7.67. The standard InChI is InChI=1S/C32H41N7O4S/c1-23(2)8-6-10-28-27(9-7-11-30(28)42-5)29-20-31(35-32(34-29)36-44(40,41)26-21-33-38(4)22-26)43-25-14-12-24(13-15-25)39-18-16-37(3)17-19-39/h7,9,11-15,20-23H,6,8,10,16-19H2,1-5H3,(H,34,35,36). The van der Waals surface area contributed by atoms with Gasteiger partial charge in [-0.15, -0.1) is 0 Å². The second-order valence-electron chi connectivity index (χ2n) is 11.5. The first-order valence-electron chi connectivity index (χ1n) is 14.9. The molecular formula is C32H41N7O4S. The van der Waals surface area contributed by atoms with Gasteiger partial charge in [0.25, 0.3) is 10.0 Å². The summed E-state index contributed by atoms with van der Waals surface area (Å²) in [6, 6.07) is 15.4. The van der Waals surface area contributed by atoms with Gasteiger partial charge in [-0.25, -0.2) is 18.1 Å². The van der Waals surface area contributed by atoms with Crippen molar-refractivity contribution in [1.82, 2.24) is 24.6 Å². The van der Waals surface area contributed by atoms with Gasteiger partial charge < -0.3 is 19.3 Å². The molecule has 5 rings (SSSR count). The van der Waals surface area contributed by atoms with E-state index in [1.807, 2.05) is 42.5 Å². The molecule has 1 aliphatic heterocycles. The summed E-state index contributed by atoms with van der Waals surface area (Å²) in [7, 11) is 1.44. The van der Waals surface area contributed by atoms with Gasteiger partial charge in [0, 0.05) is 62.3 Å². The number of aromatic nitrogens is 4. The Kier molecular flexibility index (Phi) is 9.70. The number of likely N-dealkylation sites (N-methyl/N-ethyl adjacent to an activating group) is 1. The molecule has 1 N–H and O–H groups in total. The molecule has 0 amide bonds. The zero-order valence-electron chi connectivity index (χ0n) is 26.0. The Morgan fingerprint density at radius 3 is 2.41 bits per heavy atom. The zero-order chi connectivity index (χ0) is 31.3. The number of ether oxygens (including phenoxy) is 2. The maximum atomic E-state index is 13.2. The molecule has 12 heteroatoms. The van der Waals surface area contributed by atoms with Gasteiger partial charge in [-0.05, 0) is 56.1 Å². The normalized spacial score (nSPS) is 14.2. The molecule has 44 heavy (non-hydrogen) atoms. The van der Waals surface area contributed by atoms with Crippen molar-refractivity contribution in [3.8, 4) is 28.6 Å². The number of sulfonamides is 1. The average molecular weight is 620 g/mol. The topological polar surface area (TPSA) is 115 Å². The van der Waals surface area contributed by atoms with Crippen molar-refractivity contribution in [2.24, 2.45) is 13.0 Å². The largest absolute Gasteiger partial charge is 0.496 e. The number of hydrogen-bond acceptors (Lipinski definition) is 9. The molecule has 0 atom stereocenters.